The van der Waals surface area contributed by atoms with Gasteiger partial charge in [-0.25, -0.2) is 0 Å². The molecule has 3 rings (SSSR count). The van der Waals surface area contributed by atoms with Crippen LogP contribution in [0.5, 0.6) is 0 Å². The number of hydrogen-bond acceptors (Lipinski definition) is 6. The summed E-state index contributed by atoms with van der Waals surface area (Å²) < 4.78 is 2.14. The third-order valence-corrected chi connectivity index (χ3v) is 5.10. The maximum Gasteiger partial charge on any atom is 0.280 e. The molecule has 9 nitrogen and oxygen atoms in total. The van der Waals surface area contributed by atoms with Gasteiger partial charge in [-0.2, -0.15) is 4.99 Å². The number of benzene rings is 2. The first-order valence-electron chi connectivity index (χ1n) is 7.87. The lowest BCUT2D eigenvalue weighted by molar-refractivity contribution is -0.385. The molecule has 0 N–H and O–H groups in total. The van der Waals surface area contributed by atoms with Gasteiger partial charge in [0.05, 0.1) is 32.2 Å². The molecule has 1 amide bonds. The lowest BCUT2D eigenvalue weighted by atomic mass is 10.1. The van der Waals surface area contributed by atoms with E-state index >= 15 is 0 Å². The maximum absolute atomic E-state index is 12.7. The summed E-state index contributed by atoms with van der Waals surface area (Å²) in [6.45, 7) is 1.59. The first-order chi connectivity index (χ1) is 13.3. The van der Waals surface area contributed by atoms with Crippen LogP contribution in [0.2, 0.25) is 0 Å². The Kier molecular flexibility index (Phi) is 5.02. The topological polar surface area (TPSA) is 121 Å². The van der Waals surface area contributed by atoms with E-state index in [1.165, 1.54) is 37.3 Å². The van der Waals surface area contributed by atoms with Crippen LogP contribution in [0.1, 0.15) is 15.9 Å². The molecular weight excluding hydrogens is 384 g/mol. The van der Waals surface area contributed by atoms with Crippen LogP contribution in [0.4, 0.5) is 11.4 Å². The van der Waals surface area contributed by atoms with Crippen LogP contribution in [0.25, 0.3) is 10.2 Å². The molecule has 0 radical (unpaired) electrons. The number of thiazole rings is 1. The molecule has 0 atom stereocenters. The number of nitrogens with zero attached hydrogens (tertiary/aromatic N) is 4. The maximum atomic E-state index is 12.7. The molecular formula is C18H12N4O5S. The molecule has 0 aliphatic heterocycles. The van der Waals surface area contributed by atoms with Crippen LogP contribution in [0.3, 0.4) is 0 Å². The summed E-state index contributed by atoms with van der Waals surface area (Å²) in [5, 5.41) is 22.1. The van der Waals surface area contributed by atoms with E-state index in [0.717, 1.165) is 11.3 Å². The molecule has 28 heavy (non-hydrogen) atoms. The fraction of sp³-hybridized carbons (Fsp3) is 0.111. The predicted molar refractivity (Wildman–Crippen MR) is 103 cm³/mol. The number of aromatic nitrogens is 1. The number of non-ortho nitro benzene ring substituents is 1. The first-order valence-corrected chi connectivity index (χ1v) is 8.69. The van der Waals surface area contributed by atoms with Crippen molar-refractivity contribution in [2.45, 2.75) is 13.5 Å². The summed E-state index contributed by atoms with van der Waals surface area (Å²) in [6.07, 6.45) is 5.40. The van der Waals surface area contributed by atoms with Gasteiger partial charge in [0.1, 0.15) is 0 Å². The van der Waals surface area contributed by atoms with Gasteiger partial charge in [0.15, 0.2) is 4.80 Å². The number of rotatable bonds is 4. The molecule has 0 saturated heterocycles. The van der Waals surface area contributed by atoms with Crippen molar-refractivity contribution < 1.29 is 14.6 Å². The van der Waals surface area contributed by atoms with E-state index in [2.05, 4.69) is 10.9 Å². The monoisotopic (exact) mass is 396 g/mol. The standard InChI is InChI=1S/C18H12N4O5S/c1-3-9-20-15-8-7-12(21(24)25)10-16(15)28-18(20)19-17(23)13-5-4-6-14(11(13)2)22(26)27/h1,4-8,10H,9H2,2H3. The van der Waals surface area contributed by atoms with Gasteiger partial charge in [-0.3, -0.25) is 25.0 Å². The second kappa shape index (κ2) is 7.42. The van der Waals surface area contributed by atoms with Gasteiger partial charge in [0.25, 0.3) is 17.3 Å². The van der Waals surface area contributed by atoms with Gasteiger partial charge >= 0.3 is 0 Å². The SMILES string of the molecule is C#CCn1c(=NC(=O)c2cccc([N+](=O)[O-])c2C)sc2cc([N+](=O)[O-])ccc21. The summed E-state index contributed by atoms with van der Waals surface area (Å²) in [7, 11) is 0. The Morgan fingerprint density at radius 3 is 2.64 bits per heavy atom. The predicted octanol–water partition coefficient (Wildman–Crippen LogP) is 3.20. The van der Waals surface area contributed by atoms with Crippen LogP contribution in [-0.2, 0) is 6.54 Å². The number of terminal acetylenes is 1. The Bertz CT molecular complexity index is 1250. The van der Waals surface area contributed by atoms with Gasteiger partial charge in [0.2, 0.25) is 0 Å². The van der Waals surface area contributed by atoms with Crippen molar-refractivity contribution in [2.75, 3.05) is 0 Å². The molecule has 0 fully saturated rings. The number of carbonyl (C=O) groups excluding carboxylic acids is 1. The van der Waals surface area contributed by atoms with Gasteiger partial charge in [-0.1, -0.05) is 23.3 Å². The van der Waals surface area contributed by atoms with Crippen molar-refractivity contribution in [1.29, 1.82) is 0 Å². The molecule has 3 aromatic rings. The molecule has 0 spiro atoms. The lowest BCUT2D eigenvalue weighted by Crippen LogP contribution is -2.17. The molecule has 140 valence electrons. The van der Waals surface area contributed by atoms with Crippen molar-refractivity contribution in [2.24, 2.45) is 4.99 Å². The summed E-state index contributed by atoms with van der Waals surface area (Å²) in [6, 6.07) is 8.45. The minimum atomic E-state index is -0.659. The summed E-state index contributed by atoms with van der Waals surface area (Å²) in [5.74, 6) is 1.80. The molecule has 0 aliphatic carbocycles. The zero-order valence-electron chi connectivity index (χ0n) is 14.5. The third-order valence-electron chi connectivity index (χ3n) is 4.06. The highest BCUT2D eigenvalue weighted by molar-refractivity contribution is 7.16. The normalized spacial score (nSPS) is 11.4. The number of nitro groups is 2. The van der Waals surface area contributed by atoms with E-state index in [4.69, 9.17) is 6.42 Å². The smallest absolute Gasteiger partial charge is 0.280 e. The van der Waals surface area contributed by atoms with Crippen molar-refractivity contribution in [1.82, 2.24) is 4.57 Å². The second-order valence-corrected chi connectivity index (χ2v) is 6.72. The quantitative estimate of drug-likeness (QED) is 0.381. The fourth-order valence-electron chi connectivity index (χ4n) is 2.70. The van der Waals surface area contributed by atoms with Gasteiger partial charge in [0, 0.05) is 23.8 Å². The number of amides is 1. The largest absolute Gasteiger partial charge is 0.305 e. The average molecular weight is 396 g/mol. The highest BCUT2D eigenvalue weighted by Crippen LogP contribution is 2.24. The lowest BCUT2D eigenvalue weighted by Gasteiger charge is -2.02. The Morgan fingerprint density at radius 2 is 2.00 bits per heavy atom. The van der Waals surface area contributed by atoms with Gasteiger partial charge in [-0.05, 0) is 19.1 Å². The minimum absolute atomic E-state index is 0.0889. The molecule has 2 aromatic carbocycles. The number of nitro benzene ring substituents is 2. The number of hydrogen-bond donors (Lipinski definition) is 0. The molecule has 0 unspecified atom stereocenters. The van der Waals surface area contributed by atoms with Crippen LogP contribution < -0.4 is 4.80 Å². The Labute approximate surface area is 161 Å². The Morgan fingerprint density at radius 1 is 1.25 bits per heavy atom. The Hall–Kier alpha value is -3.84. The number of carbonyl (C=O) groups is 1. The van der Waals surface area contributed by atoms with E-state index in [1.807, 2.05) is 0 Å². The summed E-state index contributed by atoms with van der Waals surface area (Å²) in [4.78, 5) is 38.0. The zero-order chi connectivity index (χ0) is 20.4. The van der Waals surface area contributed by atoms with Crippen molar-refractivity contribution in [3.63, 3.8) is 0 Å². The molecule has 0 aliphatic rings. The summed E-state index contributed by atoms with van der Waals surface area (Å²) in [5.41, 5.74) is 0.654. The van der Waals surface area contributed by atoms with Crippen LogP contribution in [-0.4, -0.2) is 20.3 Å². The van der Waals surface area contributed by atoms with Crippen molar-refractivity contribution in [3.8, 4) is 12.3 Å². The van der Waals surface area contributed by atoms with Crippen LogP contribution in [0.15, 0.2) is 41.4 Å². The van der Waals surface area contributed by atoms with Crippen molar-refractivity contribution in [3.05, 3.63) is 72.6 Å². The van der Waals surface area contributed by atoms with Gasteiger partial charge in [-0.15, -0.1) is 6.42 Å². The van der Waals surface area contributed by atoms with E-state index in [9.17, 15) is 25.0 Å². The van der Waals surface area contributed by atoms with Crippen molar-refractivity contribution >= 4 is 38.8 Å². The second-order valence-electron chi connectivity index (χ2n) is 5.71. The third kappa shape index (κ3) is 3.38. The van der Waals surface area contributed by atoms with E-state index in [0.29, 0.717) is 10.2 Å². The molecule has 0 saturated carbocycles. The molecule has 0 bridgehead atoms. The molecule has 1 aromatic heterocycles. The van der Waals surface area contributed by atoms with E-state index in [-0.39, 0.29) is 33.8 Å². The minimum Gasteiger partial charge on any atom is -0.305 e. The number of fused-ring (bicyclic) bond motifs is 1. The van der Waals surface area contributed by atoms with Crippen LogP contribution >= 0.6 is 11.3 Å². The van der Waals surface area contributed by atoms with Crippen LogP contribution in [0, 0.1) is 39.5 Å². The van der Waals surface area contributed by atoms with E-state index in [1.54, 1.807) is 10.6 Å². The van der Waals surface area contributed by atoms with Gasteiger partial charge < -0.3 is 4.57 Å². The highest BCUT2D eigenvalue weighted by atomic mass is 32.1. The van der Waals surface area contributed by atoms with E-state index < -0.39 is 15.8 Å². The average Bonchev–Trinajstić information content (AvgIpc) is 2.98. The zero-order valence-corrected chi connectivity index (χ0v) is 15.3. The molecule has 1 heterocycles. The fourth-order valence-corrected chi connectivity index (χ4v) is 3.77. The highest BCUT2D eigenvalue weighted by Gasteiger charge is 2.18. The molecule has 10 heteroatoms. The summed E-state index contributed by atoms with van der Waals surface area (Å²) >= 11 is 1.08. The Balaban J connectivity index is 2.18. The first kappa shape index (κ1) is 18.9.